The quantitative estimate of drug-likeness (QED) is 0.396. The third kappa shape index (κ3) is 6.09. The monoisotopic (exact) mass is 435 g/mol. The Hall–Kier alpha value is -3.84. The summed E-state index contributed by atoms with van der Waals surface area (Å²) in [5, 5.41) is 23.1. The second-order valence-electron chi connectivity index (χ2n) is 7.16. The van der Waals surface area contributed by atoms with Gasteiger partial charge in [0.2, 0.25) is 0 Å². The number of carboxylic acid groups (broad SMARTS) is 1. The Bertz CT molecular complexity index is 1090. The predicted octanol–water partition coefficient (Wildman–Crippen LogP) is 5.27. The molecule has 0 heterocycles. The van der Waals surface area contributed by atoms with Gasteiger partial charge in [-0.05, 0) is 42.0 Å². The first-order chi connectivity index (χ1) is 15.5. The summed E-state index contributed by atoms with van der Waals surface area (Å²) < 4.78 is 11.3. The highest BCUT2D eigenvalue weighted by Gasteiger charge is 2.27. The average Bonchev–Trinajstić information content (AvgIpc) is 2.79. The van der Waals surface area contributed by atoms with Gasteiger partial charge in [-0.15, -0.1) is 0 Å². The molecular formula is C25H25NO6. The number of benzene rings is 3. The molecule has 166 valence electrons. The maximum atomic E-state index is 12.8. The van der Waals surface area contributed by atoms with Gasteiger partial charge >= 0.3 is 12.1 Å². The van der Waals surface area contributed by atoms with E-state index < -0.39 is 24.3 Å². The number of hydrogen-bond donors (Lipinski definition) is 3. The number of aliphatic carboxylic acids is 1. The number of aromatic hydroxyl groups is 1. The molecule has 0 aliphatic rings. The minimum absolute atomic E-state index is 0.0889. The molecule has 3 aromatic rings. The minimum Gasteiger partial charge on any atom is -0.508 e. The van der Waals surface area contributed by atoms with Crippen LogP contribution in [0.4, 0.5) is 10.5 Å². The van der Waals surface area contributed by atoms with Gasteiger partial charge in [0.05, 0.1) is 11.8 Å². The van der Waals surface area contributed by atoms with E-state index in [2.05, 4.69) is 5.32 Å². The summed E-state index contributed by atoms with van der Waals surface area (Å²) in [6, 6.07) is 19.6. The van der Waals surface area contributed by atoms with E-state index >= 15 is 0 Å². The molecule has 0 aliphatic heterocycles. The number of ether oxygens (including phenoxy) is 2. The Morgan fingerprint density at radius 3 is 2.47 bits per heavy atom. The molecule has 2 atom stereocenters. The van der Waals surface area contributed by atoms with Gasteiger partial charge in [-0.1, -0.05) is 54.6 Å². The van der Waals surface area contributed by atoms with E-state index in [4.69, 9.17) is 14.6 Å². The van der Waals surface area contributed by atoms with Gasteiger partial charge in [-0.3, -0.25) is 5.32 Å². The standard InChI is InChI=1S/C25H25NO6/c1-31-22(11-4-5-12-23(28)29)24(18-13-15-19(27)16-14-18)32-25(30)26-21-10-6-8-17-7-2-3-9-20(17)21/h2-3,5-10,12-16,22,24,27H,4,11H2,1H3,(H,26,30)(H,28,29)/b12-5+/t22-,24-/m0/s1. The molecule has 0 unspecified atom stereocenters. The number of phenolic OH excluding ortho intramolecular Hbond substituents is 1. The van der Waals surface area contributed by atoms with Crippen LogP contribution in [-0.2, 0) is 14.3 Å². The van der Waals surface area contributed by atoms with Crippen molar-refractivity contribution in [2.24, 2.45) is 0 Å². The zero-order valence-electron chi connectivity index (χ0n) is 17.6. The van der Waals surface area contributed by atoms with Crippen molar-refractivity contribution in [3.8, 4) is 5.75 Å². The molecule has 7 nitrogen and oxygen atoms in total. The van der Waals surface area contributed by atoms with Crippen LogP contribution in [0.3, 0.4) is 0 Å². The lowest BCUT2D eigenvalue weighted by Gasteiger charge is -2.26. The maximum Gasteiger partial charge on any atom is 0.412 e. The SMILES string of the molecule is CO[C@@H](CC/C=C/C(=O)O)[C@@H](OC(=O)Nc1cccc2ccccc12)c1ccc(O)cc1. The third-order valence-electron chi connectivity index (χ3n) is 5.00. The number of carboxylic acids is 1. The van der Waals surface area contributed by atoms with E-state index in [0.29, 0.717) is 24.1 Å². The van der Waals surface area contributed by atoms with E-state index in [-0.39, 0.29) is 5.75 Å². The summed E-state index contributed by atoms with van der Waals surface area (Å²) >= 11 is 0. The summed E-state index contributed by atoms with van der Waals surface area (Å²) in [5.74, 6) is -0.939. The molecule has 0 fully saturated rings. The predicted molar refractivity (Wildman–Crippen MR) is 122 cm³/mol. The fourth-order valence-electron chi connectivity index (χ4n) is 3.45. The highest BCUT2D eigenvalue weighted by atomic mass is 16.6. The number of allylic oxidation sites excluding steroid dienone is 1. The highest BCUT2D eigenvalue weighted by Crippen LogP contribution is 2.29. The molecule has 0 saturated carbocycles. The van der Waals surface area contributed by atoms with Gasteiger partial charge in [-0.2, -0.15) is 0 Å². The fourth-order valence-corrected chi connectivity index (χ4v) is 3.45. The zero-order chi connectivity index (χ0) is 22.9. The molecule has 3 N–H and O–H groups in total. The number of carbonyl (C=O) groups excluding carboxylic acids is 1. The Kier molecular flexibility index (Phi) is 7.83. The molecule has 7 heteroatoms. The lowest BCUT2D eigenvalue weighted by atomic mass is 10.00. The second-order valence-corrected chi connectivity index (χ2v) is 7.16. The van der Waals surface area contributed by atoms with Crippen LogP contribution in [0.1, 0.15) is 24.5 Å². The van der Waals surface area contributed by atoms with Crippen molar-refractivity contribution in [1.82, 2.24) is 0 Å². The fraction of sp³-hybridized carbons (Fsp3) is 0.200. The first-order valence-corrected chi connectivity index (χ1v) is 10.1. The lowest BCUT2D eigenvalue weighted by Crippen LogP contribution is -2.28. The van der Waals surface area contributed by atoms with Crippen LogP contribution in [0, 0.1) is 0 Å². The Balaban J connectivity index is 1.80. The highest BCUT2D eigenvalue weighted by molar-refractivity contribution is 6.00. The molecule has 1 amide bonds. The van der Waals surface area contributed by atoms with Gasteiger partial charge in [0, 0.05) is 18.6 Å². The molecule has 3 rings (SSSR count). The number of fused-ring (bicyclic) bond motifs is 1. The average molecular weight is 435 g/mol. The van der Waals surface area contributed by atoms with E-state index in [9.17, 15) is 14.7 Å². The number of hydrogen-bond acceptors (Lipinski definition) is 5. The Morgan fingerprint density at radius 1 is 1.03 bits per heavy atom. The molecular weight excluding hydrogens is 410 g/mol. The van der Waals surface area contributed by atoms with E-state index in [1.807, 2.05) is 36.4 Å². The Morgan fingerprint density at radius 2 is 1.75 bits per heavy atom. The van der Waals surface area contributed by atoms with Crippen LogP contribution < -0.4 is 5.32 Å². The number of nitrogens with one attached hydrogen (secondary N) is 1. The van der Waals surface area contributed by atoms with Crippen molar-refractivity contribution < 1.29 is 29.3 Å². The first kappa shape index (κ1) is 22.8. The summed E-state index contributed by atoms with van der Waals surface area (Å²) in [5.41, 5.74) is 1.26. The third-order valence-corrected chi connectivity index (χ3v) is 5.00. The van der Waals surface area contributed by atoms with E-state index in [0.717, 1.165) is 16.8 Å². The molecule has 32 heavy (non-hydrogen) atoms. The van der Waals surface area contributed by atoms with Crippen LogP contribution >= 0.6 is 0 Å². The van der Waals surface area contributed by atoms with Gasteiger partial charge in [0.15, 0.2) is 6.10 Å². The summed E-state index contributed by atoms with van der Waals surface area (Å²) in [6.07, 6.45) is 1.49. The normalized spacial score (nSPS) is 13.0. The molecule has 0 saturated heterocycles. The molecule has 3 aromatic carbocycles. The van der Waals surface area contributed by atoms with Gasteiger partial charge in [0.1, 0.15) is 5.75 Å². The van der Waals surface area contributed by atoms with Gasteiger partial charge in [-0.25, -0.2) is 9.59 Å². The topological polar surface area (TPSA) is 105 Å². The van der Waals surface area contributed by atoms with Gasteiger partial charge < -0.3 is 19.7 Å². The van der Waals surface area contributed by atoms with Crippen molar-refractivity contribution >= 4 is 28.5 Å². The minimum atomic E-state index is -1.03. The number of anilines is 1. The molecule has 0 aromatic heterocycles. The number of rotatable bonds is 9. The molecule has 0 aliphatic carbocycles. The van der Waals surface area contributed by atoms with Crippen molar-refractivity contribution in [1.29, 1.82) is 0 Å². The lowest BCUT2D eigenvalue weighted by molar-refractivity contribution is -0.131. The zero-order valence-corrected chi connectivity index (χ0v) is 17.6. The van der Waals surface area contributed by atoms with Crippen LogP contribution in [0.5, 0.6) is 5.75 Å². The van der Waals surface area contributed by atoms with E-state index in [1.165, 1.54) is 25.3 Å². The van der Waals surface area contributed by atoms with Gasteiger partial charge in [0.25, 0.3) is 0 Å². The number of phenols is 1. The van der Waals surface area contributed by atoms with Crippen LogP contribution in [0.15, 0.2) is 78.9 Å². The maximum absolute atomic E-state index is 12.8. The van der Waals surface area contributed by atoms with Crippen molar-refractivity contribution in [3.63, 3.8) is 0 Å². The van der Waals surface area contributed by atoms with Crippen LogP contribution in [-0.4, -0.2) is 35.5 Å². The molecule has 0 radical (unpaired) electrons. The van der Waals surface area contributed by atoms with Crippen molar-refractivity contribution in [2.45, 2.75) is 25.0 Å². The summed E-state index contributed by atoms with van der Waals surface area (Å²) in [7, 11) is 1.50. The number of methoxy groups -OCH3 is 1. The summed E-state index contributed by atoms with van der Waals surface area (Å²) in [6.45, 7) is 0. The van der Waals surface area contributed by atoms with Crippen molar-refractivity contribution in [3.05, 3.63) is 84.4 Å². The molecule has 0 bridgehead atoms. The van der Waals surface area contributed by atoms with Crippen LogP contribution in [0.2, 0.25) is 0 Å². The number of amides is 1. The molecule has 0 spiro atoms. The summed E-state index contributed by atoms with van der Waals surface area (Å²) in [4.78, 5) is 23.5. The van der Waals surface area contributed by atoms with Crippen molar-refractivity contribution in [2.75, 3.05) is 12.4 Å². The van der Waals surface area contributed by atoms with Crippen LogP contribution in [0.25, 0.3) is 10.8 Å². The largest absolute Gasteiger partial charge is 0.508 e. The Labute approximate surface area is 185 Å². The van der Waals surface area contributed by atoms with E-state index in [1.54, 1.807) is 18.2 Å². The second kappa shape index (κ2) is 11.0. The number of carbonyl (C=O) groups is 2. The first-order valence-electron chi connectivity index (χ1n) is 10.1. The smallest absolute Gasteiger partial charge is 0.412 e.